The van der Waals surface area contributed by atoms with Gasteiger partial charge in [-0.05, 0) is 31.2 Å². The van der Waals surface area contributed by atoms with E-state index >= 15 is 0 Å². The Labute approximate surface area is 166 Å². The van der Waals surface area contributed by atoms with Crippen LogP contribution in [0.1, 0.15) is 16.9 Å². The summed E-state index contributed by atoms with van der Waals surface area (Å²) in [5.41, 5.74) is -0.139. The molecular weight excluding hydrogens is 376 g/mol. The maximum absolute atomic E-state index is 12.9. The minimum absolute atomic E-state index is 0.0546. The predicted molar refractivity (Wildman–Crippen MR) is 103 cm³/mol. The number of aromatic nitrogens is 1. The van der Waals surface area contributed by atoms with E-state index in [1.54, 1.807) is 30.3 Å². The molecule has 0 saturated carbocycles. The van der Waals surface area contributed by atoms with Gasteiger partial charge in [-0.1, -0.05) is 0 Å². The fourth-order valence-corrected chi connectivity index (χ4v) is 2.73. The van der Waals surface area contributed by atoms with E-state index in [2.05, 4.69) is 10.2 Å². The van der Waals surface area contributed by atoms with E-state index < -0.39 is 11.4 Å². The lowest BCUT2D eigenvalue weighted by Crippen LogP contribution is -2.22. The van der Waals surface area contributed by atoms with Crippen LogP contribution in [0.5, 0.6) is 17.4 Å². The molecule has 2 aromatic heterocycles. The van der Waals surface area contributed by atoms with Gasteiger partial charge in [0.25, 0.3) is 5.56 Å². The molecule has 0 radical (unpaired) electrons. The molecule has 0 aliphatic carbocycles. The molecule has 0 fully saturated rings. The summed E-state index contributed by atoms with van der Waals surface area (Å²) in [5, 5.41) is 28.0. The van der Waals surface area contributed by atoms with Crippen LogP contribution in [0.2, 0.25) is 0 Å². The highest BCUT2D eigenvalue weighted by Gasteiger charge is 2.20. The van der Waals surface area contributed by atoms with Crippen LogP contribution in [0.3, 0.4) is 0 Å². The third-order valence-corrected chi connectivity index (χ3v) is 4.31. The second kappa shape index (κ2) is 8.31. The van der Waals surface area contributed by atoms with E-state index in [1.165, 1.54) is 27.4 Å². The summed E-state index contributed by atoms with van der Waals surface area (Å²) in [7, 11) is 3.00. The van der Waals surface area contributed by atoms with Crippen LogP contribution in [0, 0.1) is 18.3 Å². The Hall–Kier alpha value is -4.06. The maximum atomic E-state index is 12.9. The number of hydrogen-bond acceptors (Lipinski definition) is 8. The number of azo groups is 1. The highest BCUT2D eigenvalue weighted by Crippen LogP contribution is 2.33. The molecule has 2 heterocycles. The van der Waals surface area contributed by atoms with Crippen molar-refractivity contribution >= 4 is 11.4 Å². The fourth-order valence-electron chi connectivity index (χ4n) is 2.73. The summed E-state index contributed by atoms with van der Waals surface area (Å²) in [6.45, 7) is 1.47. The lowest BCUT2D eigenvalue weighted by atomic mass is 10.1. The molecule has 0 atom stereocenters. The van der Waals surface area contributed by atoms with Crippen molar-refractivity contribution in [3.63, 3.8) is 0 Å². The van der Waals surface area contributed by atoms with Crippen molar-refractivity contribution in [1.29, 1.82) is 5.26 Å². The van der Waals surface area contributed by atoms with E-state index in [9.17, 15) is 15.2 Å². The topological polar surface area (TPSA) is 122 Å². The van der Waals surface area contributed by atoms with Crippen molar-refractivity contribution in [3.8, 4) is 23.4 Å². The molecule has 29 heavy (non-hydrogen) atoms. The summed E-state index contributed by atoms with van der Waals surface area (Å²) in [6.07, 6.45) is 1.45. The van der Waals surface area contributed by atoms with Gasteiger partial charge < -0.3 is 19.0 Å². The Morgan fingerprint density at radius 3 is 2.66 bits per heavy atom. The van der Waals surface area contributed by atoms with Crippen molar-refractivity contribution in [2.24, 2.45) is 10.2 Å². The van der Waals surface area contributed by atoms with Gasteiger partial charge in [0.05, 0.1) is 27.0 Å². The van der Waals surface area contributed by atoms with E-state index in [-0.39, 0.29) is 23.4 Å². The zero-order valence-electron chi connectivity index (χ0n) is 16.0. The fraction of sp³-hybridized carbons (Fsp3) is 0.200. The molecule has 148 valence electrons. The van der Waals surface area contributed by atoms with Gasteiger partial charge in [-0.15, -0.1) is 10.2 Å². The van der Waals surface area contributed by atoms with Crippen LogP contribution in [-0.4, -0.2) is 23.9 Å². The second-order valence-corrected chi connectivity index (χ2v) is 5.99. The third-order valence-electron chi connectivity index (χ3n) is 4.31. The van der Waals surface area contributed by atoms with Crippen molar-refractivity contribution < 1.29 is 19.0 Å². The standard InChI is InChI=1S/C20H18N4O5/c1-12-15(10-21)19(25)24(11-14-5-4-8-29-14)20(26)18(12)23-22-16-7-6-13(27-2)9-17(16)28-3/h4-9,25H,11H2,1-3H3. The zero-order chi connectivity index (χ0) is 21.0. The molecule has 1 aromatic carbocycles. The molecule has 3 rings (SSSR count). The van der Waals surface area contributed by atoms with Gasteiger partial charge in [0.2, 0.25) is 5.88 Å². The van der Waals surface area contributed by atoms with E-state index in [1.807, 2.05) is 6.07 Å². The molecule has 3 aromatic rings. The number of aromatic hydroxyl groups is 1. The first-order valence-corrected chi connectivity index (χ1v) is 8.52. The van der Waals surface area contributed by atoms with Crippen LogP contribution in [0.15, 0.2) is 56.0 Å². The van der Waals surface area contributed by atoms with Gasteiger partial charge in [0, 0.05) is 11.6 Å². The maximum Gasteiger partial charge on any atom is 0.281 e. The van der Waals surface area contributed by atoms with Gasteiger partial charge in [0.1, 0.15) is 34.6 Å². The van der Waals surface area contributed by atoms with Gasteiger partial charge in [-0.25, -0.2) is 0 Å². The lowest BCUT2D eigenvalue weighted by molar-refractivity contribution is 0.395. The number of nitrogens with zero attached hydrogens (tertiary/aromatic N) is 4. The monoisotopic (exact) mass is 394 g/mol. The molecule has 1 N–H and O–H groups in total. The smallest absolute Gasteiger partial charge is 0.281 e. The lowest BCUT2D eigenvalue weighted by Gasteiger charge is -2.12. The van der Waals surface area contributed by atoms with Gasteiger partial charge in [-0.3, -0.25) is 9.36 Å². The Morgan fingerprint density at radius 2 is 2.03 bits per heavy atom. The summed E-state index contributed by atoms with van der Waals surface area (Å²) in [6, 6.07) is 10.2. The van der Waals surface area contributed by atoms with Crippen molar-refractivity contribution in [2.75, 3.05) is 14.2 Å². The molecule has 0 bridgehead atoms. The minimum atomic E-state index is -0.605. The first-order chi connectivity index (χ1) is 14.0. The molecular formula is C20H18N4O5. The second-order valence-electron chi connectivity index (χ2n) is 5.99. The van der Waals surface area contributed by atoms with E-state index in [0.29, 0.717) is 22.9 Å². The Morgan fingerprint density at radius 1 is 1.24 bits per heavy atom. The number of ether oxygens (including phenoxy) is 2. The molecule has 0 aliphatic heterocycles. The molecule has 0 unspecified atom stereocenters. The zero-order valence-corrected chi connectivity index (χ0v) is 16.0. The Balaban J connectivity index is 2.11. The quantitative estimate of drug-likeness (QED) is 0.634. The normalized spacial score (nSPS) is 10.8. The molecule has 9 heteroatoms. The largest absolute Gasteiger partial charge is 0.497 e. The van der Waals surface area contributed by atoms with Crippen molar-refractivity contribution in [2.45, 2.75) is 13.5 Å². The summed E-state index contributed by atoms with van der Waals surface area (Å²) in [5.74, 6) is 0.970. The average molecular weight is 394 g/mol. The number of methoxy groups -OCH3 is 2. The van der Waals surface area contributed by atoms with Gasteiger partial charge in [-0.2, -0.15) is 5.26 Å². The summed E-state index contributed by atoms with van der Waals surface area (Å²) in [4.78, 5) is 12.9. The first kappa shape index (κ1) is 19.7. The van der Waals surface area contributed by atoms with Crippen LogP contribution in [0.25, 0.3) is 0 Å². The van der Waals surface area contributed by atoms with E-state index in [4.69, 9.17) is 13.9 Å². The number of furan rings is 1. The number of hydrogen-bond donors (Lipinski definition) is 1. The van der Waals surface area contributed by atoms with Crippen molar-refractivity contribution in [3.05, 3.63) is 63.8 Å². The van der Waals surface area contributed by atoms with Crippen molar-refractivity contribution in [1.82, 2.24) is 4.57 Å². The summed E-state index contributed by atoms with van der Waals surface area (Å²) >= 11 is 0. The number of rotatable bonds is 6. The van der Waals surface area contributed by atoms with Gasteiger partial charge in [0.15, 0.2) is 5.69 Å². The molecule has 0 aliphatic rings. The van der Waals surface area contributed by atoms with Gasteiger partial charge >= 0.3 is 0 Å². The highest BCUT2D eigenvalue weighted by atomic mass is 16.5. The highest BCUT2D eigenvalue weighted by molar-refractivity contribution is 5.58. The SMILES string of the molecule is COc1ccc(N=Nc2c(C)c(C#N)c(O)n(Cc3ccco3)c2=O)c(OC)c1. The predicted octanol–water partition coefficient (Wildman–Crippen LogP) is 3.81. The Kier molecular flexibility index (Phi) is 5.64. The molecule has 9 nitrogen and oxygen atoms in total. The average Bonchev–Trinajstić information content (AvgIpc) is 3.24. The van der Waals surface area contributed by atoms with Crippen LogP contribution in [-0.2, 0) is 6.54 Å². The third kappa shape index (κ3) is 3.82. The number of nitriles is 1. The van der Waals surface area contributed by atoms with E-state index in [0.717, 1.165) is 4.57 Å². The molecule has 0 saturated heterocycles. The minimum Gasteiger partial charge on any atom is -0.497 e. The first-order valence-electron chi connectivity index (χ1n) is 8.52. The van der Waals surface area contributed by atoms with Crippen LogP contribution >= 0.6 is 0 Å². The van der Waals surface area contributed by atoms with Crippen LogP contribution < -0.4 is 15.0 Å². The van der Waals surface area contributed by atoms with Crippen LogP contribution in [0.4, 0.5) is 11.4 Å². The molecule has 0 amide bonds. The molecule has 0 spiro atoms. The number of pyridine rings is 1. The summed E-state index contributed by atoms with van der Waals surface area (Å²) < 4.78 is 16.7. The number of benzene rings is 1. The Bertz CT molecular complexity index is 1160.